The molecule has 7 nitrogen and oxygen atoms in total. The van der Waals surface area contributed by atoms with Crippen LogP contribution in [0.1, 0.15) is 40.2 Å². The Kier molecular flexibility index (Phi) is 6.41. The molecular weight excluding hydrogens is 363 g/mol. The number of hydrogen-bond donors (Lipinski definition) is 2. The summed E-state index contributed by atoms with van der Waals surface area (Å²) in [5, 5.41) is 10.6. The number of benzene rings is 1. The van der Waals surface area contributed by atoms with Gasteiger partial charge in [-0.2, -0.15) is 5.10 Å². The third-order valence-electron chi connectivity index (χ3n) is 5.03. The number of hydrogen-bond acceptors (Lipinski definition) is 5. The van der Waals surface area contributed by atoms with E-state index in [2.05, 4.69) is 20.5 Å². The number of halogens is 1. The highest BCUT2D eigenvalue weighted by atomic mass is 19.1. The van der Waals surface area contributed by atoms with Crippen molar-refractivity contribution in [3.05, 3.63) is 52.6 Å². The van der Waals surface area contributed by atoms with E-state index in [9.17, 15) is 14.0 Å². The molecule has 0 aliphatic heterocycles. The standard InChI is InChI=1S/C20H25FN4O3/c1-25-17-8-7-15(22-10-9-18(26)28-2)11-16(17)19(24-25)20(27)23-12-13-3-5-14(21)6-4-13/h3-6,15,22H,7-12H2,1-2H3,(H,23,27). The molecule has 150 valence electrons. The van der Waals surface area contributed by atoms with Crippen LogP contribution in [0.25, 0.3) is 0 Å². The third-order valence-corrected chi connectivity index (χ3v) is 5.03. The van der Waals surface area contributed by atoms with Crippen molar-refractivity contribution in [1.82, 2.24) is 20.4 Å². The highest BCUT2D eigenvalue weighted by molar-refractivity contribution is 5.94. The lowest BCUT2D eigenvalue weighted by Gasteiger charge is -2.24. The van der Waals surface area contributed by atoms with E-state index in [0.29, 0.717) is 31.6 Å². The Balaban J connectivity index is 1.62. The summed E-state index contributed by atoms with van der Waals surface area (Å²) in [5.74, 6) is -0.790. The molecule has 2 N–H and O–H groups in total. The van der Waals surface area contributed by atoms with Crippen LogP contribution in [0.15, 0.2) is 24.3 Å². The molecule has 0 fully saturated rings. The van der Waals surface area contributed by atoms with Gasteiger partial charge in [-0.05, 0) is 37.0 Å². The van der Waals surface area contributed by atoms with Gasteiger partial charge in [0.15, 0.2) is 5.69 Å². The Hall–Kier alpha value is -2.74. The summed E-state index contributed by atoms with van der Waals surface area (Å²) < 4.78 is 19.4. The van der Waals surface area contributed by atoms with Crippen molar-refractivity contribution in [2.75, 3.05) is 13.7 Å². The predicted molar refractivity (Wildman–Crippen MR) is 101 cm³/mol. The van der Waals surface area contributed by atoms with Gasteiger partial charge in [-0.15, -0.1) is 0 Å². The molecule has 1 aliphatic rings. The molecule has 0 spiro atoms. The fourth-order valence-corrected chi connectivity index (χ4v) is 3.49. The summed E-state index contributed by atoms with van der Waals surface area (Å²) in [5.41, 5.74) is 3.26. The lowest BCUT2D eigenvalue weighted by atomic mass is 9.91. The van der Waals surface area contributed by atoms with Crippen LogP contribution in [0.2, 0.25) is 0 Å². The molecule has 0 saturated heterocycles. The van der Waals surface area contributed by atoms with E-state index in [1.54, 1.807) is 16.8 Å². The van der Waals surface area contributed by atoms with Gasteiger partial charge in [-0.3, -0.25) is 14.3 Å². The van der Waals surface area contributed by atoms with E-state index < -0.39 is 0 Å². The highest BCUT2D eigenvalue weighted by Gasteiger charge is 2.28. The first kappa shape index (κ1) is 20.0. The van der Waals surface area contributed by atoms with Gasteiger partial charge in [0.1, 0.15) is 5.82 Å². The van der Waals surface area contributed by atoms with E-state index >= 15 is 0 Å². The largest absolute Gasteiger partial charge is 0.469 e. The first-order valence-electron chi connectivity index (χ1n) is 9.35. The van der Waals surface area contributed by atoms with Crippen LogP contribution in [-0.4, -0.2) is 41.4 Å². The third kappa shape index (κ3) is 4.75. The number of aromatic nitrogens is 2. The van der Waals surface area contributed by atoms with Gasteiger partial charge in [-0.1, -0.05) is 12.1 Å². The Morgan fingerprint density at radius 2 is 2.07 bits per heavy atom. The predicted octanol–water partition coefficient (Wildman–Crippen LogP) is 1.50. The summed E-state index contributed by atoms with van der Waals surface area (Å²) in [6.07, 6.45) is 2.74. The minimum Gasteiger partial charge on any atom is -0.469 e. The van der Waals surface area contributed by atoms with Gasteiger partial charge in [-0.25, -0.2) is 4.39 Å². The Labute approximate surface area is 163 Å². The molecular formula is C20H25FN4O3. The average molecular weight is 388 g/mol. The number of ether oxygens (including phenoxy) is 1. The fourth-order valence-electron chi connectivity index (χ4n) is 3.49. The molecule has 1 heterocycles. The lowest BCUT2D eigenvalue weighted by molar-refractivity contribution is -0.140. The van der Waals surface area contributed by atoms with Gasteiger partial charge in [0, 0.05) is 37.4 Å². The van der Waals surface area contributed by atoms with Crippen LogP contribution in [-0.2, 0) is 36.0 Å². The van der Waals surface area contributed by atoms with Crippen molar-refractivity contribution in [1.29, 1.82) is 0 Å². The number of esters is 1. The Bertz CT molecular complexity index is 848. The van der Waals surface area contributed by atoms with E-state index in [4.69, 9.17) is 0 Å². The van der Waals surface area contributed by atoms with E-state index in [0.717, 1.165) is 29.7 Å². The zero-order valence-corrected chi connectivity index (χ0v) is 16.1. The SMILES string of the molecule is COC(=O)CCNC1CCc2c(c(C(=O)NCc3ccc(F)cc3)nn2C)C1. The maximum absolute atomic E-state index is 13.0. The number of carbonyl (C=O) groups is 2. The fraction of sp³-hybridized carbons (Fsp3) is 0.450. The van der Waals surface area contributed by atoms with Crippen molar-refractivity contribution >= 4 is 11.9 Å². The quantitative estimate of drug-likeness (QED) is 0.702. The molecule has 1 aliphatic carbocycles. The molecule has 8 heteroatoms. The van der Waals surface area contributed by atoms with Crippen molar-refractivity contribution in [2.24, 2.45) is 7.05 Å². The van der Waals surface area contributed by atoms with Crippen molar-refractivity contribution in [3.8, 4) is 0 Å². The minimum absolute atomic E-state index is 0.185. The zero-order chi connectivity index (χ0) is 20.1. The molecule has 0 radical (unpaired) electrons. The molecule has 2 aromatic rings. The van der Waals surface area contributed by atoms with Crippen molar-refractivity contribution in [2.45, 2.75) is 38.3 Å². The van der Waals surface area contributed by atoms with Gasteiger partial charge in [0.05, 0.1) is 13.5 Å². The van der Waals surface area contributed by atoms with Crippen LogP contribution in [0.4, 0.5) is 4.39 Å². The first-order valence-corrected chi connectivity index (χ1v) is 9.35. The number of nitrogens with zero attached hydrogens (tertiary/aromatic N) is 2. The van der Waals surface area contributed by atoms with Gasteiger partial charge >= 0.3 is 5.97 Å². The van der Waals surface area contributed by atoms with E-state index in [1.807, 2.05) is 7.05 Å². The van der Waals surface area contributed by atoms with E-state index in [1.165, 1.54) is 19.2 Å². The van der Waals surface area contributed by atoms with Gasteiger partial charge < -0.3 is 15.4 Å². The van der Waals surface area contributed by atoms with Crippen LogP contribution in [0.5, 0.6) is 0 Å². The average Bonchev–Trinajstić information content (AvgIpc) is 3.03. The number of fused-ring (bicyclic) bond motifs is 1. The normalized spacial score (nSPS) is 15.8. The molecule has 0 saturated carbocycles. The maximum atomic E-state index is 13.0. The molecule has 0 bridgehead atoms. The summed E-state index contributed by atoms with van der Waals surface area (Å²) in [7, 11) is 3.22. The number of aryl methyl sites for hydroxylation is 1. The second kappa shape index (κ2) is 8.97. The topological polar surface area (TPSA) is 85.2 Å². The number of rotatable bonds is 7. The second-order valence-electron chi connectivity index (χ2n) is 6.93. The number of amides is 1. The summed E-state index contributed by atoms with van der Waals surface area (Å²) >= 11 is 0. The molecule has 1 amide bonds. The second-order valence-corrected chi connectivity index (χ2v) is 6.93. The van der Waals surface area contributed by atoms with Crippen LogP contribution < -0.4 is 10.6 Å². The van der Waals surface area contributed by atoms with Gasteiger partial charge in [0.25, 0.3) is 5.91 Å². The minimum atomic E-state index is -0.306. The number of methoxy groups -OCH3 is 1. The van der Waals surface area contributed by atoms with Crippen molar-refractivity contribution < 1.29 is 18.7 Å². The van der Waals surface area contributed by atoms with Crippen LogP contribution in [0, 0.1) is 5.82 Å². The van der Waals surface area contributed by atoms with Crippen LogP contribution >= 0.6 is 0 Å². The Morgan fingerprint density at radius 1 is 1.32 bits per heavy atom. The molecule has 1 aromatic heterocycles. The number of carbonyl (C=O) groups excluding carboxylic acids is 2. The maximum Gasteiger partial charge on any atom is 0.306 e. The number of nitrogens with one attached hydrogen (secondary N) is 2. The molecule has 1 atom stereocenters. The lowest BCUT2D eigenvalue weighted by Crippen LogP contribution is -2.37. The monoisotopic (exact) mass is 388 g/mol. The molecule has 1 unspecified atom stereocenters. The summed E-state index contributed by atoms with van der Waals surface area (Å²) in [6.45, 7) is 0.851. The molecule has 28 heavy (non-hydrogen) atoms. The summed E-state index contributed by atoms with van der Waals surface area (Å²) in [6, 6.07) is 6.21. The van der Waals surface area contributed by atoms with Crippen LogP contribution in [0.3, 0.4) is 0 Å². The van der Waals surface area contributed by atoms with Crippen molar-refractivity contribution in [3.63, 3.8) is 0 Å². The van der Waals surface area contributed by atoms with Gasteiger partial charge in [0.2, 0.25) is 0 Å². The Morgan fingerprint density at radius 3 is 2.79 bits per heavy atom. The molecule has 1 aromatic carbocycles. The highest BCUT2D eigenvalue weighted by Crippen LogP contribution is 2.24. The molecule has 3 rings (SSSR count). The summed E-state index contributed by atoms with van der Waals surface area (Å²) in [4.78, 5) is 23.9. The zero-order valence-electron chi connectivity index (χ0n) is 16.1. The van der Waals surface area contributed by atoms with E-state index in [-0.39, 0.29) is 23.7 Å². The first-order chi connectivity index (χ1) is 13.5. The smallest absolute Gasteiger partial charge is 0.306 e.